The molecule has 0 aromatic carbocycles. The lowest BCUT2D eigenvalue weighted by Crippen LogP contribution is -2.66. The number of ether oxygens (including phenoxy) is 2. The molecule has 0 aromatic rings. The Morgan fingerprint density at radius 3 is 3.00 bits per heavy atom. The molecule has 0 aromatic heterocycles. The predicted octanol–water partition coefficient (Wildman–Crippen LogP) is 1.36. The Bertz CT molecular complexity index is 334. The number of rotatable bonds is 6. The Balaban J connectivity index is 1.42. The van der Waals surface area contributed by atoms with E-state index >= 15 is 0 Å². The zero-order valence-electron chi connectivity index (χ0n) is 13.2. The normalized spacial score (nSPS) is 39.8. The number of nitrogens with one attached hydrogen (secondary N) is 1. The van der Waals surface area contributed by atoms with E-state index in [1.54, 1.807) is 7.11 Å². The molecule has 3 fully saturated rings. The lowest BCUT2D eigenvalue weighted by molar-refractivity contribution is -0.113. The molecule has 3 rings (SSSR count). The van der Waals surface area contributed by atoms with Crippen LogP contribution in [-0.4, -0.2) is 63.5 Å². The molecule has 4 nitrogen and oxygen atoms in total. The van der Waals surface area contributed by atoms with Crippen LogP contribution in [0.5, 0.6) is 0 Å². The summed E-state index contributed by atoms with van der Waals surface area (Å²) in [5.41, 5.74) is 0.315. The first-order chi connectivity index (χ1) is 9.63. The summed E-state index contributed by atoms with van der Waals surface area (Å²) in [4.78, 5) is 2.53. The van der Waals surface area contributed by atoms with Gasteiger partial charge in [-0.05, 0) is 31.8 Å². The van der Waals surface area contributed by atoms with Gasteiger partial charge in [0.05, 0.1) is 12.7 Å². The fourth-order valence-electron chi connectivity index (χ4n) is 4.54. The van der Waals surface area contributed by atoms with Gasteiger partial charge in [0.15, 0.2) is 0 Å². The molecule has 4 heteroatoms. The van der Waals surface area contributed by atoms with Gasteiger partial charge in [-0.1, -0.05) is 13.8 Å². The maximum atomic E-state index is 5.87. The van der Waals surface area contributed by atoms with E-state index in [0.717, 1.165) is 31.6 Å². The molecule has 0 spiro atoms. The molecule has 2 heterocycles. The highest BCUT2D eigenvalue weighted by Gasteiger charge is 2.58. The average molecular weight is 282 g/mol. The van der Waals surface area contributed by atoms with Gasteiger partial charge in [0, 0.05) is 44.2 Å². The smallest absolute Gasteiger partial charge is 0.0685 e. The van der Waals surface area contributed by atoms with E-state index in [0.29, 0.717) is 17.6 Å². The zero-order valence-corrected chi connectivity index (χ0v) is 13.2. The highest BCUT2D eigenvalue weighted by Crippen LogP contribution is 2.52. The monoisotopic (exact) mass is 282 g/mol. The van der Waals surface area contributed by atoms with Crippen LogP contribution < -0.4 is 5.32 Å². The minimum atomic E-state index is 0.315. The van der Waals surface area contributed by atoms with Crippen LogP contribution >= 0.6 is 0 Å². The number of methoxy groups -OCH3 is 1. The summed E-state index contributed by atoms with van der Waals surface area (Å²) in [7, 11) is 1.79. The summed E-state index contributed by atoms with van der Waals surface area (Å²) >= 11 is 0. The van der Waals surface area contributed by atoms with Crippen LogP contribution in [0.4, 0.5) is 0 Å². The van der Waals surface area contributed by atoms with Crippen LogP contribution in [0.15, 0.2) is 0 Å². The first-order valence-corrected chi connectivity index (χ1v) is 8.19. The highest BCUT2D eigenvalue weighted by molar-refractivity contribution is 5.11. The summed E-state index contributed by atoms with van der Waals surface area (Å²) in [6.07, 6.45) is 3.08. The number of fused-ring (bicyclic) bond motifs is 1. The Morgan fingerprint density at radius 2 is 2.20 bits per heavy atom. The van der Waals surface area contributed by atoms with Crippen molar-refractivity contribution in [2.45, 2.75) is 38.8 Å². The summed E-state index contributed by atoms with van der Waals surface area (Å²) in [5, 5.41) is 3.86. The van der Waals surface area contributed by atoms with Gasteiger partial charge in [0.2, 0.25) is 0 Å². The first-order valence-electron chi connectivity index (χ1n) is 8.19. The van der Waals surface area contributed by atoms with Crippen LogP contribution in [0.2, 0.25) is 0 Å². The van der Waals surface area contributed by atoms with Gasteiger partial charge in [-0.15, -0.1) is 0 Å². The number of hydrogen-bond donors (Lipinski definition) is 1. The van der Waals surface area contributed by atoms with E-state index in [2.05, 4.69) is 24.1 Å². The first kappa shape index (κ1) is 14.8. The van der Waals surface area contributed by atoms with E-state index in [1.165, 1.54) is 32.5 Å². The molecular weight excluding hydrogens is 252 g/mol. The highest BCUT2D eigenvalue weighted by atomic mass is 16.5. The van der Waals surface area contributed by atoms with Crippen molar-refractivity contribution in [3.63, 3.8) is 0 Å². The van der Waals surface area contributed by atoms with Crippen molar-refractivity contribution in [1.82, 2.24) is 10.2 Å². The Kier molecular flexibility index (Phi) is 4.37. The maximum absolute atomic E-state index is 5.87. The van der Waals surface area contributed by atoms with Gasteiger partial charge in [0.1, 0.15) is 0 Å². The molecule has 1 aliphatic carbocycles. The number of hydrogen-bond acceptors (Lipinski definition) is 4. The lowest BCUT2D eigenvalue weighted by Gasteiger charge is -2.55. The van der Waals surface area contributed by atoms with Gasteiger partial charge < -0.3 is 19.7 Å². The minimum Gasteiger partial charge on any atom is -0.383 e. The molecule has 1 saturated carbocycles. The van der Waals surface area contributed by atoms with Gasteiger partial charge in [-0.2, -0.15) is 0 Å². The minimum absolute atomic E-state index is 0.315. The Labute approximate surface area is 123 Å². The van der Waals surface area contributed by atoms with Crippen LogP contribution in [0.25, 0.3) is 0 Å². The maximum Gasteiger partial charge on any atom is 0.0685 e. The molecule has 0 bridgehead atoms. The third-order valence-corrected chi connectivity index (χ3v) is 5.71. The second kappa shape index (κ2) is 5.91. The summed E-state index contributed by atoms with van der Waals surface area (Å²) in [5.74, 6) is 1.57. The standard InChI is InChI=1S/C16H30N2O2/c1-16(2)14(13-5-8-20-15(13)16)17-10-12-4-6-18(11-12)7-9-19-3/h12-15,17H,4-11H2,1-3H3. The van der Waals surface area contributed by atoms with Gasteiger partial charge in [0.25, 0.3) is 0 Å². The fraction of sp³-hybridized carbons (Fsp3) is 1.00. The molecule has 2 saturated heterocycles. The average Bonchev–Trinajstić information content (AvgIpc) is 3.04. The van der Waals surface area contributed by atoms with E-state index in [-0.39, 0.29) is 0 Å². The molecule has 4 atom stereocenters. The Morgan fingerprint density at radius 1 is 1.35 bits per heavy atom. The van der Waals surface area contributed by atoms with Gasteiger partial charge in [-0.3, -0.25) is 0 Å². The summed E-state index contributed by atoms with van der Waals surface area (Å²) in [6, 6.07) is 0.656. The van der Waals surface area contributed by atoms with E-state index in [4.69, 9.17) is 9.47 Å². The molecule has 2 aliphatic heterocycles. The predicted molar refractivity (Wildman–Crippen MR) is 79.8 cm³/mol. The van der Waals surface area contributed by atoms with Crippen molar-refractivity contribution < 1.29 is 9.47 Å². The SMILES string of the molecule is COCCN1CCC(CNC2C3CCOC3C2(C)C)C1. The second-order valence-electron chi connectivity index (χ2n) is 7.40. The van der Waals surface area contributed by atoms with Crippen LogP contribution in [0.1, 0.15) is 26.7 Å². The van der Waals surface area contributed by atoms with Gasteiger partial charge >= 0.3 is 0 Å². The Hall–Kier alpha value is -0.160. The molecule has 0 radical (unpaired) electrons. The van der Waals surface area contributed by atoms with E-state index < -0.39 is 0 Å². The topological polar surface area (TPSA) is 33.7 Å². The molecule has 3 aliphatic rings. The van der Waals surface area contributed by atoms with Crippen molar-refractivity contribution in [3.8, 4) is 0 Å². The van der Waals surface area contributed by atoms with Gasteiger partial charge in [-0.25, -0.2) is 0 Å². The second-order valence-corrected chi connectivity index (χ2v) is 7.40. The van der Waals surface area contributed by atoms with Crippen molar-refractivity contribution in [2.75, 3.05) is 46.5 Å². The third kappa shape index (κ3) is 2.63. The molecule has 1 N–H and O–H groups in total. The van der Waals surface area contributed by atoms with E-state index in [9.17, 15) is 0 Å². The zero-order chi connectivity index (χ0) is 14.2. The molecule has 0 amide bonds. The third-order valence-electron chi connectivity index (χ3n) is 5.71. The van der Waals surface area contributed by atoms with Crippen molar-refractivity contribution in [1.29, 1.82) is 0 Å². The largest absolute Gasteiger partial charge is 0.383 e. The molecular formula is C16H30N2O2. The lowest BCUT2D eigenvalue weighted by atomic mass is 9.57. The van der Waals surface area contributed by atoms with Crippen LogP contribution in [0.3, 0.4) is 0 Å². The molecule has 116 valence electrons. The molecule has 4 unspecified atom stereocenters. The molecule has 20 heavy (non-hydrogen) atoms. The van der Waals surface area contributed by atoms with Crippen molar-refractivity contribution in [3.05, 3.63) is 0 Å². The number of nitrogens with zero attached hydrogens (tertiary/aromatic N) is 1. The van der Waals surface area contributed by atoms with Crippen molar-refractivity contribution in [2.24, 2.45) is 17.3 Å². The summed E-state index contributed by atoms with van der Waals surface area (Å²) in [6.45, 7) is 11.3. The quantitative estimate of drug-likeness (QED) is 0.797. The summed E-state index contributed by atoms with van der Waals surface area (Å²) < 4.78 is 11.0. The van der Waals surface area contributed by atoms with E-state index in [1.807, 2.05) is 0 Å². The van der Waals surface area contributed by atoms with Crippen LogP contribution in [-0.2, 0) is 9.47 Å². The number of likely N-dealkylation sites (tertiary alicyclic amines) is 1. The van der Waals surface area contributed by atoms with Crippen LogP contribution in [0, 0.1) is 17.3 Å². The fourth-order valence-corrected chi connectivity index (χ4v) is 4.54. The van der Waals surface area contributed by atoms with Crippen molar-refractivity contribution >= 4 is 0 Å².